The van der Waals surface area contributed by atoms with Crippen molar-refractivity contribution in [3.63, 3.8) is 0 Å². The predicted molar refractivity (Wildman–Crippen MR) is 89.4 cm³/mol. The van der Waals surface area contributed by atoms with Gasteiger partial charge in [-0.2, -0.15) is 0 Å². The number of fused-ring (bicyclic) bond motifs is 5. The molecule has 2 bridgehead atoms. The summed E-state index contributed by atoms with van der Waals surface area (Å²) in [6.45, 7) is 0. The highest BCUT2D eigenvalue weighted by Crippen LogP contribution is 2.40. The van der Waals surface area contributed by atoms with Crippen molar-refractivity contribution in [1.82, 2.24) is 14.5 Å². The van der Waals surface area contributed by atoms with Crippen LogP contribution in [0, 0.1) is 0 Å². The standard InChI is InChI=1S/C18H19FN4/c1-22-16-6-7-20-10-15(16)14-4-5-17(21-18(14)22)23-12-2-3-13(23)9-11(19)8-12/h4-7,10-13H,2-3,8-9H2,1H3. The minimum Gasteiger partial charge on any atom is -0.350 e. The molecule has 5 heteroatoms. The van der Waals surface area contributed by atoms with E-state index in [9.17, 15) is 4.39 Å². The zero-order valence-corrected chi connectivity index (χ0v) is 13.1. The van der Waals surface area contributed by atoms with E-state index in [1.807, 2.05) is 25.5 Å². The second kappa shape index (κ2) is 4.66. The highest BCUT2D eigenvalue weighted by Gasteiger charge is 2.41. The predicted octanol–water partition coefficient (Wildman–Crippen LogP) is 3.59. The molecule has 3 aromatic heterocycles. The number of aryl methyl sites for hydroxylation is 1. The lowest BCUT2D eigenvalue weighted by Gasteiger charge is -2.37. The first kappa shape index (κ1) is 13.3. The molecule has 2 aliphatic heterocycles. The van der Waals surface area contributed by atoms with Gasteiger partial charge in [-0.05, 0) is 43.9 Å². The summed E-state index contributed by atoms with van der Waals surface area (Å²) in [5.74, 6) is 0.996. The van der Waals surface area contributed by atoms with Gasteiger partial charge in [-0.25, -0.2) is 9.37 Å². The highest BCUT2D eigenvalue weighted by molar-refractivity contribution is 6.06. The van der Waals surface area contributed by atoms with Crippen LogP contribution in [0.1, 0.15) is 25.7 Å². The van der Waals surface area contributed by atoms with Crippen LogP contribution in [0.3, 0.4) is 0 Å². The quantitative estimate of drug-likeness (QED) is 0.689. The molecule has 2 fully saturated rings. The first-order valence-corrected chi connectivity index (χ1v) is 8.34. The van der Waals surface area contributed by atoms with Crippen LogP contribution in [-0.2, 0) is 7.05 Å². The van der Waals surface area contributed by atoms with E-state index in [-0.39, 0.29) is 0 Å². The minimum absolute atomic E-state index is 0.310. The van der Waals surface area contributed by atoms with E-state index in [0.717, 1.165) is 40.6 Å². The molecule has 23 heavy (non-hydrogen) atoms. The molecule has 0 spiro atoms. The molecule has 0 saturated carbocycles. The summed E-state index contributed by atoms with van der Waals surface area (Å²) >= 11 is 0. The second-order valence-corrected chi connectivity index (χ2v) is 6.85. The van der Waals surface area contributed by atoms with Gasteiger partial charge >= 0.3 is 0 Å². The van der Waals surface area contributed by atoms with Gasteiger partial charge in [0, 0.05) is 42.3 Å². The molecule has 2 atom stereocenters. The Morgan fingerprint density at radius 1 is 1.09 bits per heavy atom. The largest absolute Gasteiger partial charge is 0.350 e. The first-order chi connectivity index (χ1) is 11.2. The van der Waals surface area contributed by atoms with Crippen LogP contribution in [-0.4, -0.2) is 32.8 Å². The van der Waals surface area contributed by atoms with Gasteiger partial charge in [0.05, 0.1) is 5.52 Å². The van der Waals surface area contributed by atoms with E-state index in [0.29, 0.717) is 24.9 Å². The SMILES string of the molecule is Cn1c2ccncc2c2ccc(N3C4CCC3CC(F)C4)nc21. The zero-order valence-electron chi connectivity index (χ0n) is 13.1. The first-order valence-electron chi connectivity index (χ1n) is 8.34. The molecular formula is C18H19FN4. The topological polar surface area (TPSA) is 34.0 Å². The summed E-state index contributed by atoms with van der Waals surface area (Å²) in [5.41, 5.74) is 2.12. The van der Waals surface area contributed by atoms with Crippen molar-refractivity contribution in [3.8, 4) is 0 Å². The highest BCUT2D eigenvalue weighted by atomic mass is 19.1. The minimum atomic E-state index is -0.642. The number of hydrogen-bond donors (Lipinski definition) is 0. The zero-order chi connectivity index (χ0) is 15.6. The van der Waals surface area contributed by atoms with Gasteiger partial charge in [0.1, 0.15) is 17.6 Å². The van der Waals surface area contributed by atoms with Crippen LogP contribution in [0.4, 0.5) is 10.2 Å². The fourth-order valence-corrected chi connectivity index (χ4v) is 4.53. The number of halogens is 1. The fraction of sp³-hybridized carbons (Fsp3) is 0.444. The van der Waals surface area contributed by atoms with Crippen LogP contribution in [0.15, 0.2) is 30.6 Å². The normalized spacial score (nSPS) is 27.2. The second-order valence-electron chi connectivity index (χ2n) is 6.85. The van der Waals surface area contributed by atoms with Gasteiger partial charge in [-0.15, -0.1) is 0 Å². The van der Waals surface area contributed by atoms with Gasteiger partial charge in [-0.1, -0.05) is 0 Å². The third-order valence-corrected chi connectivity index (χ3v) is 5.57. The van der Waals surface area contributed by atoms with Crippen LogP contribution >= 0.6 is 0 Å². The lowest BCUT2D eigenvalue weighted by Crippen LogP contribution is -2.44. The molecule has 0 N–H and O–H groups in total. The average molecular weight is 310 g/mol. The molecule has 5 rings (SSSR count). The maximum Gasteiger partial charge on any atom is 0.143 e. The lowest BCUT2D eigenvalue weighted by atomic mass is 10.0. The van der Waals surface area contributed by atoms with Crippen LogP contribution in [0.25, 0.3) is 21.9 Å². The maximum atomic E-state index is 13.8. The molecule has 0 radical (unpaired) electrons. The molecule has 2 aliphatic rings. The Labute approximate surface area is 133 Å². The number of alkyl halides is 1. The Balaban J connectivity index is 1.66. The molecule has 2 unspecified atom stereocenters. The monoisotopic (exact) mass is 310 g/mol. The van der Waals surface area contributed by atoms with Crippen LogP contribution in [0.5, 0.6) is 0 Å². The Bertz CT molecular complexity index is 889. The van der Waals surface area contributed by atoms with Crippen LogP contribution < -0.4 is 4.90 Å². The van der Waals surface area contributed by atoms with E-state index < -0.39 is 6.17 Å². The number of nitrogens with zero attached hydrogens (tertiary/aromatic N) is 4. The van der Waals surface area contributed by atoms with Crippen molar-refractivity contribution in [2.75, 3.05) is 4.90 Å². The molecule has 0 aromatic carbocycles. The summed E-state index contributed by atoms with van der Waals surface area (Å²) in [5, 5.41) is 2.27. The van der Waals surface area contributed by atoms with E-state index in [1.165, 1.54) is 0 Å². The van der Waals surface area contributed by atoms with Gasteiger partial charge < -0.3 is 9.47 Å². The van der Waals surface area contributed by atoms with Gasteiger partial charge in [-0.3, -0.25) is 4.98 Å². The Morgan fingerprint density at radius 3 is 2.65 bits per heavy atom. The van der Waals surface area contributed by atoms with E-state index in [4.69, 9.17) is 4.98 Å². The Hall–Kier alpha value is -2.17. The fourth-order valence-electron chi connectivity index (χ4n) is 4.53. The van der Waals surface area contributed by atoms with Gasteiger partial charge in [0.2, 0.25) is 0 Å². The van der Waals surface area contributed by atoms with Crippen molar-refractivity contribution in [2.24, 2.45) is 7.05 Å². The smallest absolute Gasteiger partial charge is 0.143 e. The van der Waals surface area contributed by atoms with Crippen molar-refractivity contribution < 1.29 is 4.39 Å². The number of rotatable bonds is 1. The van der Waals surface area contributed by atoms with E-state index >= 15 is 0 Å². The molecule has 2 saturated heterocycles. The third kappa shape index (κ3) is 1.82. The number of anilines is 1. The Kier molecular flexibility index (Phi) is 2.69. The molecule has 0 amide bonds. The number of hydrogen-bond acceptors (Lipinski definition) is 3. The summed E-state index contributed by atoms with van der Waals surface area (Å²) < 4.78 is 15.9. The average Bonchev–Trinajstić information content (AvgIpc) is 3.00. The Morgan fingerprint density at radius 2 is 1.87 bits per heavy atom. The van der Waals surface area contributed by atoms with Gasteiger partial charge in [0.15, 0.2) is 0 Å². The summed E-state index contributed by atoms with van der Waals surface area (Å²) in [7, 11) is 2.05. The number of piperidine rings is 1. The number of pyridine rings is 2. The van der Waals surface area contributed by atoms with Gasteiger partial charge in [0.25, 0.3) is 0 Å². The number of aromatic nitrogens is 3. The molecule has 4 nitrogen and oxygen atoms in total. The van der Waals surface area contributed by atoms with E-state index in [1.54, 1.807) is 0 Å². The molecule has 5 heterocycles. The molecule has 118 valence electrons. The molecule has 0 aliphatic carbocycles. The molecule has 3 aromatic rings. The molecular weight excluding hydrogens is 291 g/mol. The third-order valence-electron chi connectivity index (χ3n) is 5.57. The van der Waals surface area contributed by atoms with Crippen molar-refractivity contribution in [1.29, 1.82) is 0 Å². The summed E-state index contributed by atoms with van der Waals surface area (Å²) in [6, 6.07) is 6.88. The van der Waals surface area contributed by atoms with Crippen molar-refractivity contribution in [2.45, 2.75) is 43.9 Å². The van der Waals surface area contributed by atoms with E-state index in [2.05, 4.69) is 26.6 Å². The lowest BCUT2D eigenvalue weighted by molar-refractivity contribution is 0.242. The van der Waals surface area contributed by atoms with Crippen molar-refractivity contribution in [3.05, 3.63) is 30.6 Å². The summed E-state index contributed by atoms with van der Waals surface area (Å²) in [6.07, 6.45) is 6.54. The summed E-state index contributed by atoms with van der Waals surface area (Å²) in [4.78, 5) is 11.5. The van der Waals surface area contributed by atoms with Crippen molar-refractivity contribution >= 4 is 27.8 Å². The van der Waals surface area contributed by atoms with Crippen LogP contribution in [0.2, 0.25) is 0 Å². The maximum absolute atomic E-state index is 13.8.